The number of aryl methyl sites for hydroxylation is 1. The molecule has 0 saturated carbocycles. The molecule has 2 amide bonds. The molecule has 0 aliphatic carbocycles. The summed E-state index contributed by atoms with van der Waals surface area (Å²) in [6, 6.07) is 22.2. The summed E-state index contributed by atoms with van der Waals surface area (Å²) in [7, 11) is 0. The Kier molecular flexibility index (Phi) is 9.37. The van der Waals surface area contributed by atoms with E-state index in [0.717, 1.165) is 57.4 Å². The van der Waals surface area contributed by atoms with Crippen LogP contribution in [0.25, 0.3) is 0 Å². The fourth-order valence-corrected chi connectivity index (χ4v) is 4.94. The number of furan rings is 1. The van der Waals surface area contributed by atoms with Gasteiger partial charge in [-0.1, -0.05) is 55.8 Å². The first-order chi connectivity index (χ1) is 17.6. The number of rotatable bonds is 11. The third kappa shape index (κ3) is 7.33. The van der Waals surface area contributed by atoms with Gasteiger partial charge < -0.3 is 14.2 Å². The average molecular weight is 487 g/mol. The molecule has 0 spiro atoms. The Balaban J connectivity index is 1.32. The van der Waals surface area contributed by atoms with Crippen molar-refractivity contribution >= 4 is 11.8 Å². The van der Waals surface area contributed by atoms with Crippen LogP contribution < -0.4 is 0 Å². The van der Waals surface area contributed by atoms with Gasteiger partial charge in [0.25, 0.3) is 5.91 Å². The van der Waals surface area contributed by atoms with Crippen molar-refractivity contribution in [3.8, 4) is 0 Å². The van der Waals surface area contributed by atoms with Crippen molar-refractivity contribution in [2.75, 3.05) is 19.6 Å². The van der Waals surface area contributed by atoms with Crippen LogP contribution in [0.3, 0.4) is 0 Å². The lowest BCUT2D eigenvalue weighted by molar-refractivity contribution is -0.132. The lowest BCUT2D eigenvalue weighted by atomic mass is 9.90. The van der Waals surface area contributed by atoms with E-state index in [0.29, 0.717) is 31.0 Å². The van der Waals surface area contributed by atoms with Gasteiger partial charge in [-0.15, -0.1) is 0 Å². The van der Waals surface area contributed by atoms with E-state index in [-0.39, 0.29) is 11.8 Å². The lowest BCUT2D eigenvalue weighted by Crippen LogP contribution is -2.41. The summed E-state index contributed by atoms with van der Waals surface area (Å²) in [6.07, 6.45) is 8.39. The van der Waals surface area contributed by atoms with Crippen molar-refractivity contribution in [2.45, 2.75) is 58.4 Å². The molecule has 4 rings (SSSR count). The third-order valence-electron chi connectivity index (χ3n) is 7.16. The van der Waals surface area contributed by atoms with Gasteiger partial charge in [0, 0.05) is 31.6 Å². The van der Waals surface area contributed by atoms with Crippen molar-refractivity contribution < 1.29 is 14.0 Å². The molecule has 2 heterocycles. The number of likely N-dealkylation sites (tertiary alicyclic amines) is 1. The number of benzene rings is 2. The monoisotopic (exact) mass is 486 g/mol. The van der Waals surface area contributed by atoms with Gasteiger partial charge in [0.05, 0.1) is 12.8 Å². The molecule has 0 bridgehead atoms. The highest BCUT2D eigenvalue weighted by molar-refractivity contribution is 5.94. The molecule has 5 nitrogen and oxygen atoms in total. The summed E-state index contributed by atoms with van der Waals surface area (Å²) < 4.78 is 5.51. The lowest BCUT2D eigenvalue weighted by Gasteiger charge is -2.33. The topological polar surface area (TPSA) is 53.8 Å². The molecule has 36 heavy (non-hydrogen) atoms. The van der Waals surface area contributed by atoms with Crippen molar-refractivity contribution in [3.05, 3.63) is 95.4 Å². The molecule has 1 aliphatic rings. The van der Waals surface area contributed by atoms with Gasteiger partial charge in [0.15, 0.2) is 0 Å². The maximum Gasteiger partial charge on any atom is 0.254 e. The van der Waals surface area contributed by atoms with Gasteiger partial charge in [-0.25, -0.2) is 0 Å². The Hall–Kier alpha value is -3.34. The molecule has 1 aliphatic heterocycles. The van der Waals surface area contributed by atoms with Gasteiger partial charge in [0.2, 0.25) is 5.91 Å². The Morgan fingerprint density at radius 2 is 1.69 bits per heavy atom. The molecule has 0 unspecified atom stereocenters. The number of nitrogens with zero attached hydrogens (tertiary/aromatic N) is 2. The quantitative estimate of drug-likeness (QED) is 0.327. The summed E-state index contributed by atoms with van der Waals surface area (Å²) in [5.41, 5.74) is 3.26. The molecule has 0 atom stereocenters. The Labute approximate surface area is 215 Å². The molecule has 5 heteroatoms. The van der Waals surface area contributed by atoms with Crippen LogP contribution in [0.2, 0.25) is 0 Å². The molecule has 2 aromatic carbocycles. The standard InChI is InChI=1S/C31H38N2O3/c1-2-3-8-25-12-14-28(15-13-25)31(35)33(24-29-11-7-22-36-29)21-18-30(34)32-19-16-27(17-20-32)23-26-9-5-4-6-10-26/h4-7,9-15,22,27H,2-3,8,16-21,23-24H2,1H3. The number of amides is 2. The second kappa shape index (κ2) is 13.1. The van der Waals surface area contributed by atoms with Crippen LogP contribution in [0.5, 0.6) is 0 Å². The zero-order valence-electron chi connectivity index (χ0n) is 21.4. The number of unbranched alkanes of at least 4 members (excludes halogenated alkanes) is 1. The van der Waals surface area contributed by atoms with E-state index >= 15 is 0 Å². The van der Waals surface area contributed by atoms with Crippen LogP contribution in [0, 0.1) is 5.92 Å². The van der Waals surface area contributed by atoms with E-state index in [1.54, 1.807) is 11.2 Å². The smallest absolute Gasteiger partial charge is 0.254 e. The van der Waals surface area contributed by atoms with Crippen molar-refractivity contribution in [2.24, 2.45) is 5.92 Å². The summed E-state index contributed by atoms with van der Waals surface area (Å²) in [5.74, 6) is 1.40. The van der Waals surface area contributed by atoms with E-state index in [4.69, 9.17) is 4.42 Å². The minimum absolute atomic E-state index is 0.0668. The van der Waals surface area contributed by atoms with Gasteiger partial charge in [-0.2, -0.15) is 0 Å². The van der Waals surface area contributed by atoms with Crippen LogP contribution in [0.4, 0.5) is 0 Å². The summed E-state index contributed by atoms with van der Waals surface area (Å²) in [6.45, 7) is 4.50. The number of hydrogen-bond acceptors (Lipinski definition) is 3. The fourth-order valence-electron chi connectivity index (χ4n) is 4.94. The zero-order valence-corrected chi connectivity index (χ0v) is 21.4. The SMILES string of the molecule is CCCCc1ccc(C(=O)N(CCC(=O)N2CCC(Cc3ccccc3)CC2)Cc2ccco2)cc1. The number of piperidine rings is 1. The van der Waals surface area contributed by atoms with Crippen LogP contribution in [-0.4, -0.2) is 41.2 Å². The van der Waals surface area contributed by atoms with Crippen molar-refractivity contribution in [1.82, 2.24) is 9.80 Å². The molecule has 3 aromatic rings. The van der Waals surface area contributed by atoms with Crippen molar-refractivity contribution in [1.29, 1.82) is 0 Å². The van der Waals surface area contributed by atoms with Gasteiger partial charge in [-0.3, -0.25) is 9.59 Å². The van der Waals surface area contributed by atoms with Gasteiger partial charge >= 0.3 is 0 Å². The normalized spacial score (nSPS) is 14.1. The Morgan fingerprint density at radius 3 is 2.36 bits per heavy atom. The molecule has 0 N–H and O–H groups in total. The summed E-state index contributed by atoms with van der Waals surface area (Å²) >= 11 is 0. The van der Waals surface area contributed by atoms with Gasteiger partial charge in [0.1, 0.15) is 5.76 Å². The first-order valence-corrected chi connectivity index (χ1v) is 13.3. The van der Waals surface area contributed by atoms with E-state index in [2.05, 4.69) is 31.2 Å². The predicted octanol–water partition coefficient (Wildman–Crippen LogP) is 6.14. The molecule has 0 radical (unpaired) electrons. The number of carbonyl (C=O) groups excluding carboxylic acids is 2. The van der Waals surface area contributed by atoms with Crippen LogP contribution >= 0.6 is 0 Å². The van der Waals surface area contributed by atoms with E-state index in [1.807, 2.05) is 47.4 Å². The van der Waals surface area contributed by atoms with E-state index in [1.165, 1.54) is 11.1 Å². The van der Waals surface area contributed by atoms with Crippen LogP contribution in [-0.2, 0) is 24.2 Å². The maximum atomic E-state index is 13.4. The van der Waals surface area contributed by atoms with Crippen molar-refractivity contribution in [3.63, 3.8) is 0 Å². The Bertz CT molecular complexity index is 1070. The third-order valence-corrected chi connectivity index (χ3v) is 7.16. The zero-order chi connectivity index (χ0) is 25.2. The molecule has 1 aromatic heterocycles. The Morgan fingerprint density at radius 1 is 0.944 bits per heavy atom. The number of carbonyl (C=O) groups is 2. The molecular formula is C31H38N2O3. The largest absolute Gasteiger partial charge is 0.467 e. The summed E-state index contributed by atoms with van der Waals surface area (Å²) in [4.78, 5) is 30.1. The highest BCUT2D eigenvalue weighted by atomic mass is 16.3. The fraction of sp³-hybridized carbons (Fsp3) is 0.419. The highest BCUT2D eigenvalue weighted by Crippen LogP contribution is 2.22. The average Bonchev–Trinajstić information content (AvgIpc) is 3.44. The van der Waals surface area contributed by atoms with E-state index in [9.17, 15) is 9.59 Å². The predicted molar refractivity (Wildman–Crippen MR) is 143 cm³/mol. The first-order valence-electron chi connectivity index (χ1n) is 13.3. The highest BCUT2D eigenvalue weighted by Gasteiger charge is 2.25. The first kappa shape index (κ1) is 25.7. The summed E-state index contributed by atoms with van der Waals surface area (Å²) in [5, 5.41) is 0. The molecule has 190 valence electrons. The molecular weight excluding hydrogens is 448 g/mol. The van der Waals surface area contributed by atoms with Gasteiger partial charge in [-0.05, 0) is 73.4 Å². The maximum absolute atomic E-state index is 13.4. The van der Waals surface area contributed by atoms with Crippen LogP contribution in [0.15, 0.2) is 77.4 Å². The minimum atomic E-state index is -0.0668. The minimum Gasteiger partial charge on any atom is -0.467 e. The second-order valence-electron chi connectivity index (χ2n) is 9.87. The number of hydrogen-bond donors (Lipinski definition) is 0. The van der Waals surface area contributed by atoms with Crippen LogP contribution in [0.1, 0.15) is 66.3 Å². The molecule has 1 fully saturated rings. The molecule has 1 saturated heterocycles. The van der Waals surface area contributed by atoms with E-state index < -0.39 is 0 Å². The second-order valence-corrected chi connectivity index (χ2v) is 9.87.